The van der Waals surface area contributed by atoms with Gasteiger partial charge in [0.1, 0.15) is 0 Å². The maximum Gasteiger partial charge on any atom is 0.0975 e. The standard InChI is InChI=1S/C13H22N2O/c1-2-3-4-5-6-7-8-13(16)12-11-14-9-10-15-12/h9-11,13,16H,2-8H2,1H3. The fourth-order valence-electron chi connectivity index (χ4n) is 1.75. The van der Waals surface area contributed by atoms with Crippen molar-refractivity contribution < 1.29 is 5.11 Å². The van der Waals surface area contributed by atoms with Crippen molar-refractivity contribution in [2.45, 2.75) is 58.0 Å². The molecule has 90 valence electrons. The molecular formula is C13H22N2O. The van der Waals surface area contributed by atoms with Crippen molar-refractivity contribution in [3.63, 3.8) is 0 Å². The average molecular weight is 222 g/mol. The van der Waals surface area contributed by atoms with Crippen molar-refractivity contribution in [3.05, 3.63) is 24.3 Å². The zero-order chi connectivity index (χ0) is 11.6. The SMILES string of the molecule is CCCCCCCCC(O)c1cnccn1. The first kappa shape index (κ1) is 13.1. The molecule has 0 bridgehead atoms. The molecule has 0 aliphatic heterocycles. The summed E-state index contributed by atoms with van der Waals surface area (Å²) in [6.45, 7) is 2.22. The zero-order valence-corrected chi connectivity index (χ0v) is 10.1. The number of nitrogens with zero attached hydrogens (tertiary/aromatic N) is 2. The lowest BCUT2D eigenvalue weighted by Gasteiger charge is -2.08. The second kappa shape index (κ2) is 8.22. The lowest BCUT2D eigenvalue weighted by molar-refractivity contribution is 0.158. The van der Waals surface area contributed by atoms with E-state index in [-0.39, 0.29) is 0 Å². The van der Waals surface area contributed by atoms with Crippen molar-refractivity contribution in [1.82, 2.24) is 9.97 Å². The maximum absolute atomic E-state index is 9.82. The van der Waals surface area contributed by atoms with Gasteiger partial charge in [-0.3, -0.25) is 9.97 Å². The molecule has 1 unspecified atom stereocenters. The molecule has 1 N–H and O–H groups in total. The Hall–Kier alpha value is -0.960. The topological polar surface area (TPSA) is 46.0 Å². The van der Waals surface area contributed by atoms with Gasteiger partial charge < -0.3 is 5.11 Å². The van der Waals surface area contributed by atoms with Gasteiger partial charge in [0.2, 0.25) is 0 Å². The number of aromatic nitrogens is 2. The number of aliphatic hydroxyl groups is 1. The van der Waals surface area contributed by atoms with Gasteiger partial charge in [0.15, 0.2) is 0 Å². The van der Waals surface area contributed by atoms with Crippen LogP contribution in [-0.2, 0) is 0 Å². The molecule has 1 rings (SSSR count). The quantitative estimate of drug-likeness (QED) is 0.687. The van der Waals surface area contributed by atoms with E-state index in [1.165, 1.54) is 32.1 Å². The minimum Gasteiger partial charge on any atom is -0.387 e. The number of aliphatic hydroxyl groups excluding tert-OH is 1. The van der Waals surface area contributed by atoms with E-state index in [9.17, 15) is 5.11 Å². The molecular weight excluding hydrogens is 200 g/mol. The van der Waals surface area contributed by atoms with Crippen LogP contribution in [0, 0.1) is 0 Å². The molecule has 0 aliphatic carbocycles. The number of hydrogen-bond acceptors (Lipinski definition) is 3. The highest BCUT2D eigenvalue weighted by atomic mass is 16.3. The molecule has 3 heteroatoms. The predicted molar refractivity (Wildman–Crippen MR) is 65.0 cm³/mol. The van der Waals surface area contributed by atoms with E-state index in [0.717, 1.165) is 12.8 Å². The second-order valence-electron chi connectivity index (χ2n) is 4.20. The predicted octanol–water partition coefficient (Wildman–Crippen LogP) is 3.26. The number of hydrogen-bond donors (Lipinski definition) is 1. The van der Waals surface area contributed by atoms with Crippen LogP contribution in [0.15, 0.2) is 18.6 Å². The molecule has 16 heavy (non-hydrogen) atoms. The van der Waals surface area contributed by atoms with Gasteiger partial charge in [-0.15, -0.1) is 0 Å². The second-order valence-corrected chi connectivity index (χ2v) is 4.20. The van der Waals surface area contributed by atoms with Gasteiger partial charge in [0.05, 0.1) is 18.0 Å². The highest BCUT2D eigenvalue weighted by molar-refractivity contribution is 4.98. The Kier molecular flexibility index (Phi) is 6.74. The van der Waals surface area contributed by atoms with Gasteiger partial charge in [-0.25, -0.2) is 0 Å². The van der Waals surface area contributed by atoms with Gasteiger partial charge in [-0.05, 0) is 6.42 Å². The van der Waals surface area contributed by atoms with Crippen molar-refractivity contribution in [1.29, 1.82) is 0 Å². The van der Waals surface area contributed by atoms with E-state index in [2.05, 4.69) is 16.9 Å². The molecule has 0 spiro atoms. The summed E-state index contributed by atoms with van der Waals surface area (Å²) in [6.07, 6.45) is 12.7. The summed E-state index contributed by atoms with van der Waals surface area (Å²) in [5, 5.41) is 9.82. The van der Waals surface area contributed by atoms with Gasteiger partial charge in [-0.1, -0.05) is 45.4 Å². The van der Waals surface area contributed by atoms with Gasteiger partial charge in [0.25, 0.3) is 0 Å². The first-order valence-electron chi connectivity index (χ1n) is 6.28. The molecule has 0 amide bonds. The van der Waals surface area contributed by atoms with Crippen LogP contribution in [-0.4, -0.2) is 15.1 Å². The van der Waals surface area contributed by atoms with E-state index in [1.807, 2.05) is 0 Å². The van der Waals surface area contributed by atoms with Crippen molar-refractivity contribution in [2.24, 2.45) is 0 Å². The third-order valence-electron chi connectivity index (χ3n) is 2.76. The summed E-state index contributed by atoms with van der Waals surface area (Å²) in [6, 6.07) is 0. The molecule has 0 aliphatic rings. The van der Waals surface area contributed by atoms with Crippen LogP contribution in [0.25, 0.3) is 0 Å². The summed E-state index contributed by atoms with van der Waals surface area (Å²) < 4.78 is 0. The minimum absolute atomic E-state index is 0.445. The van der Waals surface area contributed by atoms with Crippen LogP contribution in [0.5, 0.6) is 0 Å². The highest BCUT2D eigenvalue weighted by Crippen LogP contribution is 2.17. The van der Waals surface area contributed by atoms with Crippen LogP contribution in [0.2, 0.25) is 0 Å². The Bertz CT molecular complexity index is 264. The summed E-state index contributed by atoms with van der Waals surface area (Å²) >= 11 is 0. The largest absolute Gasteiger partial charge is 0.387 e. The van der Waals surface area contributed by atoms with Gasteiger partial charge in [-0.2, -0.15) is 0 Å². The molecule has 0 saturated heterocycles. The fourth-order valence-corrected chi connectivity index (χ4v) is 1.75. The number of unbranched alkanes of at least 4 members (excludes halogenated alkanes) is 5. The first-order valence-corrected chi connectivity index (χ1v) is 6.28. The van der Waals surface area contributed by atoms with Crippen LogP contribution in [0.1, 0.15) is 63.7 Å². The minimum atomic E-state index is -0.445. The molecule has 1 heterocycles. The third-order valence-corrected chi connectivity index (χ3v) is 2.76. The Morgan fingerprint density at radius 3 is 2.56 bits per heavy atom. The van der Waals surface area contributed by atoms with Gasteiger partial charge >= 0.3 is 0 Å². The molecule has 1 atom stereocenters. The molecule has 1 aromatic rings. The van der Waals surface area contributed by atoms with Crippen LogP contribution in [0.4, 0.5) is 0 Å². The van der Waals surface area contributed by atoms with Crippen LogP contribution >= 0.6 is 0 Å². The Morgan fingerprint density at radius 1 is 1.12 bits per heavy atom. The molecule has 3 nitrogen and oxygen atoms in total. The van der Waals surface area contributed by atoms with Crippen molar-refractivity contribution in [3.8, 4) is 0 Å². The van der Waals surface area contributed by atoms with E-state index < -0.39 is 6.10 Å². The summed E-state index contributed by atoms with van der Waals surface area (Å²) in [5.74, 6) is 0. The maximum atomic E-state index is 9.82. The fraction of sp³-hybridized carbons (Fsp3) is 0.692. The molecule has 0 fully saturated rings. The normalized spacial score (nSPS) is 12.6. The number of rotatable bonds is 8. The monoisotopic (exact) mass is 222 g/mol. The first-order chi connectivity index (χ1) is 7.84. The lowest BCUT2D eigenvalue weighted by Crippen LogP contribution is -2.00. The average Bonchev–Trinajstić information content (AvgIpc) is 2.34. The summed E-state index contributed by atoms with van der Waals surface area (Å²) in [4.78, 5) is 8.05. The summed E-state index contributed by atoms with van der Waals surface area (Å²) in [7, 11) is 0. The Balaban J connectivity index is 2.09. The molecule has 0 radical (unpaired) electrons. The Labute approximate surface area is 97.9 Å². The molecule has 0 saturated carbocycles. The van der Waals surface area contributed by atoms with Crippen molar-refractivity contribution in [2.75, 3.05) is 0 Å². The van der Waals surface area contributed by atoms with E-state index in [4.69, 9.17) is 0 Å². The van der Waals surface area contributed by atoms with Crippen molar-refractivity contribution >= 4 is 0 Å². The van der Waals surface area contributed by atoms with E-state index in [0.29, 0.717) is 5.69 Å². The molecule has 1 aromatic heterocycles. The highest BCUT2D eigenvalue weighted by Gasteiger charge is 2.07. The Morgan fingerprint density at radius 2 is 1.88 bits per heavy atom. The van der Waals surface area contributed by atoms with E-state index in [1.54, 1.807) is 18.6 Å². The van der Waals surface area contributed by atoms with E-state index >= 15 is 0 Å². The molecule has 0 aromatic carbocycles. The lowest BCUT2D eigenvalue weighted by atomic mass is 10.1. The smallest absolute Gasteiger partial charge is 0.0975 e. The zero-order valence-electron chi connectivity index (χ0n) is 10.1. The van der Waals surface area contributed by atoms with Crippen LogP contribution in [0.3, 0.4) is 0 Å². The van der Waals surface area contributed by atoms with Crippen LogP contribution < -0.4 is 0 Å². The third kappa shape index (κ3) is 5.21. The summed E-state index contributed by atoms with van der Waals surface area (Å²) in [5.41, 5.74) is 0.691. The van der Waals surface area contributed by atoms with Gasteiger partial charge in [0, 0.05) is 12.4 Å².